The van der Waals surface area contributed by atoms with Gasteiger partial charge in [0, 0.05) is 11.3 Å². The second-order valence-electron chi connectivity index (χ2n) is 7.39. The van der Waals surface area contributed by atoms with Crippen LogP contribution in [0.1, 0.15) is 36.8 Å². The summed E-state index contributed by atoms with van der Waals surface area (Å²) in [5.74, 6) is -0.154. The Kier molecular flexibility index (Phi) is 5.32. The first kappa shape index (κ1) is 18.5. The summed E-state index contributed by atoms with van der Waals surface area (Å²) in [7, 11) is 0. The molecule has 1 aliphatic heterocycles. The van der Waals surface area contributed by atoms with E-state index in [9.17, 15) is 9.59 Å². The van der Waals surface area contributed by atoms with Gasteiger partial charge in [-0.3, -0.25) is 9.69 Å². The maximum atomic E-state index is 12.8. The number of carbonyl (C=O) groups is 2. The number of benzene rings is 1. The van der Waals surface area contributed by atoms with Gasteiger partial charge >= 0.3 is 6.09 Å². The Morgan fingerprint density at radius 2 is 1.92 bits per heavy atom. The van der Waals surface area contributed by atoms with Crippen LogP contribution in [0.2, 0.25) is 0 Å². The summed E-state index contributed by atoms with van der Waals surface area (Å²) < 4.78 is 5.53. The van der Waals surface area contributed by atoms with Gasteiger partial charge in [-0.1, -0.05) is 30.3 Å². The molecule has 1 aromatic carbocycles. The Hall–Kier alpha value is -2.34. The first-order chi connectivity index (χ1) is 12.3. The quantitative estimate of drug-likeness (QED) is 0.893. The fourth-order valence-corrected chi connectivity index (χ4v) is 3.62. The van der Waals surface area contributed by atoms with Crippen molar-refractivity contribution < 1.29 is 14.3 Å². The first-order valence-electron chi connectivity index (χ1n) is 8.70. The van der Waals surface area contributed by atoms with Crippen LogP contribution in [0.5, 0.6) is 0 Å². The van der Waals surface area contributed by atoms with E-state index in [0.717, 1.165) is 16.0 Å². The molecule has 0 spiro atoms. The van der Waals surface area contributed by atoms with Crippen molar-refractivity contribution in [2.75, 3.05) is 0 Å². The number of nitrogens with zero attached hydrogens (tertiary/aromatic N) is 1. The lowest BCUT2D eigenvalue weighted by atomic mass is 9.94. The number of hydrogen-bond donors (Lipinski definition) is 1. The molecule has 6 heteroatoms. The zero-order valence-electron chi connectivity index (χ0n) is 15.3. The minimum atomic E-state index is -0.605. The monoisotopic (exact) mass is 372 g/mol. The third-order valence-electron chi connectivity index (χ3n) is 4.20. The van der Waals surface area contributed by atoms with Gasteiger partial charge in [0.2, 0.25) is 5.91 Å². The second kappa shape index (κ2) is 7.50. The molecule has 1 aromatic heterocycles. The van der Waals surface area contributed by atoms with Gasteiger partial charge in [0.05, 0.1) is 13.1 Å². The molecule has 1 atom stereocenters. The SMILES string of the molecule is CC(C)(C)OC(=O)N1Cc2ccccc2CC1C(=O)NCc1cccs1. The minimum absolute atomic E-state index is 0.154. The largest absolute Gasteiger partial charge is 0.444 e. The molecule has 138 valence electrons. The summed E-state index contributed by atoms with van der Waals surface area (Å²) >= 11 is 1.60. The number of thiophene rings is 1. The van der Waals surface area contributed by atoms with Gasteiger partial charge in [-0.25, -0.2) is 4.79 Å². The van der Waals surface area contributed by atoms with E-state index in [1.807, 2.05) is 62.5 Å². The maximum Gasteiger partial charge on any atom is 0.411 e. The van der Waals surface area contributed by atoms with Crippen LogP contribution in [0, 0.1) is 0 Å². The molecule has 0 fully saturated rings. The highest BCUT2D eigenvalue weighted by atomic mass is 32.1. The number of nitrogens with one attached hydrogen (secondary N) is 1. The second-order valence-corrected chi connectivity index (χ2v) is 8.43. The van der Waals surface area contributed by atoms with Crippen LogP contribution < -0.4 is 5.32 Å². The van der Waals surface area contributed by atoms with Gasteiger partial charge in [-0.2, -0.15) is 0 Å². The lowest BCUT2D eigenvalue weighted by Crippen LogP contribution is -2.53. The van der Waals surface area contributed by atoms with Gasteiger partial charge in [-0.05, 0) is 43.3 Å². The minimum Gasteiger partial charge on any atom is -0.444 e. The third-order valence-corrected chi connectivity index (χ3v) is 5.07. The number of ether oxygens (including phenoxy) is 1. The molecule has 1 aliphatic rings. The summed E-state index contributed by atoms with van der Waals surface area (Å²) in [6, 6.07) is 11.3. The number of amides is 2. The molecule has 0 saturated heterocycles. The van der Waals surface area contributed by atoms with Crippen molar-refractivity contribution in [1.82, 2.24) is 10.2 Å². The van der Waals surface area contributed by atoms with Crippen LogP contribution >= 0.6 is 11.3 Å². The van der Waals surface area contributed by atoms with E-state index in [1.165, 1.54) is 4.90 Å². The molecule has 2 amide bonds. The predicted octanol–water partition coefficient (Wildman–Crippen LogP) is 3.73. The van der Waals surface area contributed by atoms with Crippen LogP contribution in [0.4, 0.5) is 4.79 Å². The topological polar surface area (TPSA) is 58.6 Å². The van der Waals surface area contributed by atoms with Crippen LogP contribution in [0.3, 0.4) is 0 Å². The number of hydrogen-bond acceptors (Lipinski definition) is 4. The van der Waals surface area contributed by atoms with Crippen molar-refractivity contribution in [3.05, 3.63) is 57.8 Å². The zero-order chi connectivity index (χ0) is 18.7. The van der Waals surface area contributed by atoms with Crippen molar-refractivity contribution in [2.45, 2.75) is 51.9 Å². The van der Waals surface area contributed by atoms with Crippen molar-refractivity contribution in [1.29, 1.82) is 0 Å². The van der Waals surface area contributed by atoms with E-state index in [0.29, 0.717) is 19.5 Å². The molecule has 5 nitrogen and oxygen atoms in total. The number of fused-ring (bicyclic) bond motifs is 1. The van der Waals surface area contributed by atoms with Crippen molar-refractivity contribution in [2.24, 2.45) is 0 Å². The van der Waals surface area contributed by atoms with Crippen LogP contribution in [0.15, 0.2) is 41.8 Å². The molecule has 0 bridgehead atoms. The lowest BCUT2D eigenvalue weighted by molar-refractivity contribution is -0.127. The van der Waals surface area contributed by atoms with Gasteiger partial charge in [0.1, 0.15) is 11.6 Å². The molecule has 2 heterocycles. The van der Waals surface area contributed by atoms with Gasteiger partial charge in [-0.15, -0.1) is 11.3 Å². The smallest absolute Gasteiger partial charge is 0.411 e. The van der Waals surface area contributed by atoms with Gasteiger partial charge < -0.3 is 10.1 Å². The third kappa shape index (κ3) is 4.43. The molecule has 0 saturated carbocycles. The van der Waals surface area contributed by atoms with Gasteiger partial charge in [0.15, 0.2) is 0 Å². The van der Waals surface area contributed by atoms with Crippen LogP contribution in [-0.2, 0) is 29.0 Å². The van der Waals surface area contributed by atoms with Gasteiger partial charge in [0.25, 0.3) is 0 Å². The Morgan fingerprint density at radius 1 is 1.19 bits per heavy atom. The van der Waals surface area contributed by atoms with E-state index in [4.69, 9.17) is 4.74 Å². The van der Waals surface area contributed by atoms with E-state index in [-0.39, 0.29) is 5.91 Å². The molecule has 1 N–H and O–H groups in total. The van der Waals surface area contributed by atoms with E-state index >= 15 is 0 Å². The summed E-state index contributed by atoms with van der Waals surface area (Å²) in [4.78, 5) is 28.1. The average Bonchev–Trinajstić information content (AvgIpc) is 3.10. The van der Waals surface area contributed by atoms with E-state index in [1.54, 1.807) is 11.3 Å². The first-order valence-corrected chi connectivity index (χ1v) is 9.58. The van der Waals surface area contributed by atoms with Crippen molar-refractivity contribution in [3.63, 3.8) is 0 Å². The maximum absolute atomic E-state index is 12.8. The molecule has 0 radical (unpaired) electrons. The van der Waals surface area contributed by atoms with Crippen molar-refractivity contribution in [3.8, 4) is 0 Å². The molecule has 26 heavy (non-hydrogen) atoms. The van der Waals surface area contributed by atoms with Crippen LogP contribution in [-0.4, -0.2) is 28.5 Å². The molecule has 0 aliphatic carbocycles. The highest BCUT2D eigenvalue weighted by molar-refractivity contribution is 7.09. The molecular weight excluding hydrogens is 348 g/mol. The highest BCUT2D eigenvalue weighted by Crippen LogP contribution is 2.25. The normalized spacial score (nSPS) is 16.7. The highest BCUT2D eigenvalue weighted by Gasteiger charge is 2.36. The summed E-state index contributed by atoms with van der Waals surface area (Å²) in [5.41, 5.74) is 1.55. The Bertz CT molecular complexity index is 781. The Labute approximate surface area is 158 Å². The number of rotatable bonds is 3. The molecule has 2 aromatic rings. The Balaban J connectivity index is 1.78. The lowest BCUT2D eigenvalue weighted by Gasteiger charge is -2.36. The summed E-state index contributed by atoms with van der Waals surface area (Å²) in [5, 5.41) is 4.93. The summed E-state index contributed by atoms with van der Waals surface area (Å²) in [6.07, 6.45) is 0.0365. The van der Waals surface area contributed by atoms with E-state index in [2.05, 4.69) is 5.32 Å². The van der Waals surface area contributed by atoms with E-state index < -0.39 is 17.7 Å². The molecule has 3 rings (SSSR count). The standard InChI is InChI=1S/C20H24N2O3S/c1-20(2,3)25-19(24)22-13-15-8-5-4-7-14(15)11-17(22)18(23)21-12-16-9-6-10-26-16/h4-10,17H,11-13H2,1-3H3,(H,21,23). The Morgan fingerprint density at radius 3 is 2.58 bits per heavy atom. The molecule has 1 unspecified atom stereocenters. The fourth-order valence-electron chi connectivity index (χ4n) is 2.97. The predicted molar refractivity (Wildman–Crippen MR) is 102 cm³/mol. The van der Waals surface area contributed by atoms with Crippen molar-refractivity contribution >= 4 is 23.3 Å². The van der Waals surface area contributed by atoms with Crippen LogP contribution in [0.25, 0.3) is 0 Å². The average molecular weight is 372 g/mol. The number of carbonyl (C=O) groups excluding carboxylic acids is 2. The fraction of sp³-hybridized carbons (Fsp3) is 0.400. The molecular formula is C20H24N2O3S. The zero-order valence-corrected chi connectivity index (χ0v) is 16.1. The summed E-state index contributed by atoms with van der Waals surface area (Å²) in [6.45, 7) is 6.33.